The quantitative estimate of drug-likeness (QED) is 0.758. The molecule has 6 heteroatoms. The Morgan fingerprint density at radius 1 is 1.19 bits per heavy atom. The van der Waals surface area contributed by atoms with Gasteiger partial charge in [-0.3, -0.25) is 9.59 Å². The van der Waals surface area contributed by atoms with Crippen LogP contribution in [0.5, 0.6) is 0 Å². The van der Waals surface area contributed by atoms with E-state index in [4.69, 9.17) is 0 Å². The predicted molar refractivity (Wildman–Crippen MR) is 94.3 cm³/mol. The number of nitrogens with zero attached hydrogens (tertiary/aromatic N) is 1. The molecule has 0 radical (unpaired) electrons. The Kier molecular flexibility index (Phi) is 3.95. The van der Waals surface area contributed by atoms with Crippen LogP contribution in [0.4, 0.5) is 4.39 Å². The van der Waals surface area contributed by atoms with Gasteiger partial charge < -0.3 is 15.0 Å². The summed E-state index contributed by atoms with van der Waals surface area (Å²) in [6.07, 6.45) is 2.21. The van der Waals surface area contributed by atoms with Crippen LogP contribution in [0.1, 0.15) is 17.0 Å². The van der Waals surface area contributed by atoms with Crippen molar-refractivity contribution >= 4 is 22.8 Å². The standard InChI is InChI=1S/C20H17FN2O3/c21-14-6-5-12-7-8-23(17(12)10-14)11-18(24)22-16-9-13-3-1-2-4-15(13)19(16)20(25)26/h1-8,10,16,19H,9,11H2,(H,22,24)(H,25,26). The topological polar surface area (TPSA) is 71.3 Å². The lowest BCUT2D eigenvalue weighted by Crippen LogP contribution is -2.41. The minimum Gasteiger partial charge on any atom is -0.481 e. The maximum atomic E-state index is 13.5. The fourth-order valence-corrected chi connectivity index (χ4v) is 3.74. The number of hydrogen-bond acceptors (Lipinski definition) is 2. The van der Waals surface area contributed by atoms with E-state index < -0.39 is 17.9 Å². The first kappa shape index (κ1) is 16.3. The van der Waals surface area contributed by atoms with Crippen molar-refractivity contribution in [2.45, 2.75) is 24.9 Å². The lowest BCUT2D eigenvalue weighted by Gasteiger charge is -2.18. The molecule has 0 saturated carbocycles. The summed E-state index contributed by atoms with van der Waals surface area (Å²) in [7, 11) is 0. The Bertz CT molecular complexity index is 1010. The summed E-state index contributed by atoms with van der Waals surface area (Å²) < 4.78 is 15.1. The molecule has 1 amide bonds. The van der Waals surface area contributed by atoms with Crippen molar-refractivity contribution in [2.24, 2.45) is 0 Å². The highest BCUT2D eigenvalue weighted by atomic mass is 19.1. The van der Waals surface area contributed by atoms with Crippen LogP contribution in [0, 0.1) is 5.82 Å². The second-order valence-corrected chi connectivity index (χ2v) is 6.54. The fourth-order valence-electron chi connectivity index (χ4n) is 3.74. The van der Waals surface area contributed by atoms with Crippen LogP contribution in [0.15, 0.2) is 54.7 Å². The molecule has 0 saturated heterocycles. The zero-order chi connectivity index (χ0) is 18.3. The van der Waals surface area contributed by atoms with Crippen molar-refractivity contribution in [2.75, 3.05) is 0 Å². The summed E-state index contributed by atoms with van der Waals surface area (Å²) in [6.45, 7) is 0.00609. The van der Waals surface area contributed by atoms with Crippen LogP contribution in [-0.2, 0) is 22.6 Å². The molecule has 4 rings (SSSR count). The zero-order valence-electron chi connectivity index (χ0n) is 13.9. The maximum Gasteiger partial charge on any atom is 0.313 e. The average Bonchev–Trinajstić information content (AvgIpc) is 3.15. The van der Waals surface area contributed by atoms with Gasteiger partial charge in [-0.05, 0) is 47.2 Å². The van der Waals surface area contributed by atoms with Gasteiger partial charge in [0.1, 0.15) is 18.3 Å². The van der Waals surface area contributed by atoms with Crippen molar-refractivity contribution in [1.29, 1.82) is 0 Å². The van der Waals surface area contributed by atoms with Crippen molar-refractivity contribution in [3.63, 3.8) is 0 Å². The number of carbonyl (C=O) groups excluding carboxylic acids is 1. The van der Waals surface area contributed by atoms with Crippen LogP contribution in [0.25, 0.3) is 10.9 Å². The first-order valence-electron chi connectivity index (χ1n) is 8.37. The monoisotopic (exact) mass is 352 g/mol. The van der Waals surface area contributed by atoms with Crippen molar-refractivity contribution < 1.29 is 19.1 Å². The molecule has 0 aliphatic heterocycles. The molecule has 2 unspecified atom stereocenters. The van der Waals surface area contributed by atoms with Crippen LogP contribution in [0.3, 0.4) is 0 Å². The molecule has 1 heterocycles. The van der Waals surface area contributed by atoms with Gasteiger partial charge in [-0.25, -0.2) is 4.39 Å². The number of rotatable bonds is 4. The number of nitrogens with one attached hydrogen (secondary N) is 1. The Hall–Kier alpha value is -3.15. The molecule has 2 N–H and O–H groups in total. The summed E-state index contributed by atoms with van der Waals surface area (Å²) in [4.78, 5) is 24.2. The minimum absolute atomic E-state index is 0.00609. The number of aliphatic carboxylic acids is 1. The molecule has 1 aromatic heterocycles. The number of benzene rings is 2. The van der Waals surface area contributed by atoms with Gasteiger partial charge in [0.2, 0.25) is 5.91 Å². The second-order valence-electron chi connectivity index (χ2n) is 6.54. The van der Waals surface area contributed by atoms with E-state index in [1.807, 2.05) is 18.2 Å². The molecule has 1 aliphatic rings. The highest BCUT2D eigenvalue weighted by molar-refractivity contribution is 5.85. The molecule has 0 fully saturated rings. The van der Waals surface area contributed by atoms with E-state index in [1.54, 1.807) is 29.0 Å². The number of aromatic nitrogens is 1. The van der Waals surface area contributed by atoms with Crippen LogP contribution in [-0.4, -0.2) is 27.6 Å². The van der Waals surface area contributed by atoms with Crippen LogP contribution in [0.2, 0.25) is 0 Å². The highest BCUT2D eigenvalue weighted by Crippen LogP contribution is 2.33. The summed E-state index contributed by atoms with van der Waals surface area (Å²) in [6, 6.07) is 13.1. The summed E-state index contributed by atoms with van der Waals surface area (Å²) in [5.74, 6) is -2.37. The molecule has 0 bridgehead atoms. The SMILES string of the molecule is O=C(Cn1ccc2ccc(F)cc21)NC1Cc2ccccc2C1C(=O)O. The molecule has 2 atom stereocenters. The lowest BCUT2D eigenvalue weighted by molar-refractivity contribution is -0.139. The van der Waals surface area contributed by atoms with E-state index in [1.165, 1.54) is 12.1 Å². The number of carboxylic acid groups (broad SMARTS) is 1. The van der Waals surface area contributed by atoms with Crippen LogP contribution >= 0.6 is 0 Å². The molecule has 132 valence electrons. The largest absolute Gasteiger partial charge is 0.481 e. The molecular formula is C20H17FN2O3. The van der Waals surface area contributed by atoms with Gasteiger partial charge in [-0.15, -0.1) is 0 Å². The van der Waals surface area contributed by atoms with E-state index in [0.29, 0.717) is 11.9 Å². The highest BCUT2D eigenvalue weighted by Gasteiger charge is 2.38. The van der Waals surface area contributed by atoms with Gasteiger partial charge in [0.05, 0.1) is 11.6 Å². The third kappa shape index (κ3) is 2.83. The number of amides is 1. The molecule has 1 aliphatic carbocycles. The van der Waals surface area contributed by atoms with E-state index >= 15 is 0 Å². The van der Waals surface area contributed by atoms with E-state index in [2.05, 4.69) is 5.32 Å². The first-order valence-corrected chi connectivity index (χ1v) is 8.37. The van der Waals surface area contributed by atoms with Gasteiger partial charge in [0.15, 0.2) is 0 Å². The molecule has 5 nitrogen and oxygen atoms in total. The van der Waals surface area contributed by atoms with Crippen molar-refractivity contribution in [3.05, 3.63) is 71.7 Å². The van der Waals surface area contributed by atoms with Gasteiger partial charge in [-0.2, -0.15) is 0 Å². The molecule has 26 heavy (non-hydrogen) atoms. The van der Waals surface area contributed by atoms with E-state index in [-0.39, 0.29) is 18.3 Å². The number of fused-ring (bicyclic) bond motifs is 2. The summed E-state index contributed by atoms with van der Waals surface area (Å²) in [5, 5.41) is 13.3. The van der Waals surface area contributed by atoms with Crippen molar-refractivity contribution in [1.82, 2.24) is 9.88 Å². The molecule has 0 spiro atoms. The molecule has 2 aromatic carbocycles. The summed E-state index contributed by atoms with van der Waals surface area (Å²) >= 11 is 0. The Morgan fingerprint density at radius 3 is 2.81 bits per heavy atom. The average molecular weight is 352 g/mol. The number of halogens is 1. The molecular weight excluding hydrogens is 335 g/mol. The van der Waals surface area contributed by atoms with Crippen LogP contribution < -0.4 is 5.32 Å². The van der Waals surface area contributed by atoms with E-state index in [0.717, 1.165) is 16.5 Å². The van der Waals surface area contributed by atoms with Crippen molar-refractivity contribution in [3.8, 4) is 0 Å². The van der Waals surface area contributed by atoms with E-state index in [9.17, 15) is 19.1 Å². The van der Waals surface area contributed by atoms with Gasteiger partial charge in [-0.1, -0.05) is 24.3 Å². The zero-order valence-corrected chi connectivity index (χ0v) is 13.9. The predicted octanol–water partition coefficient (Wildman–Crippen LogP) is 2.69. The first-order chi connectivity index (χ1) is 12.5. The Labute approximate surface area is 149 Å². The van der Waals surface area contributed by atoms with Gasteiger partial charge in [0.25, 0.3) is 0 Å². The second kappa shape index (κ2) is 6.29. The number of hydrogen-bond donors (Lipinski definition) is 2. The summed E-state index contributed by atoms with van der Waals surface area (Å²) in [5.41, 5.74) is 2.32. The third-order valence-corrected chi connectivity index (χ3v) is 4.89. The Morgan fingerprint density at radius 2 is 2.00 bits per heavy atom. The maximum absolute atomic E-state index is 13.5. The fraction of sp³-hybridized carbons (Fsp3) is 0.200. The Balaban J connectivity index is 1.53. The lowest BCUT2D eigenvalue weighted by atomic mass is 9.98. The molecule has 3 aromatic rings. The minimum atomic E-state index is -0.950. The number of carbonyl (C=O) groups is 2. The smallest absolute Gasteiger partial charge is 0.313 e. The number of carboxylic acids is 1. The van der Waals surface area contributed by atoms with Gasteiger partial charge >= 0.3 is 5.97 Å². The normalized spacial score (nSPS) is 18.7. The van der Waals surface area contributed by atoms with Gasteiger partial charge in [0, 0.05) is 6.20 Å². The third-order valence-electron chi connectivity index (χ3n) is 4.89.